The van der Waals surface area contributed by atoms with Crippen LogP contribution >= 0.6 is 0 Å². The monoisotopic (exact) mass is 519 g/mol. The Labute approximate surface area is 221 Å². The fraction of sp³-hybridized carbons (Fsp3) is 0.357. The van der Waals surface area contributed by atoms with Gasteiger partial charge in [-0.15, -0.1) is 0 Å². The summed E-state index contributed by atoms with van der Waals surface area (Å²) in [7, 11) is 1.54. The molecule has 2 heterocycles. The van der Waals surface area contributed by atoms with Gasteiger partial charge in [-0.05, 0) is 44.5 Å². The van der Waals surface area contributed by atoms with Crippen LogP contribution < -0.4 is 20.1 Å². The molecule has 10 heteroatoms. The zero-order chi connectivity index (χ0) is 27.1. The molecular formula is C28H33N5O5. The Morgan fingerprint density at radius 3 is 2.63 bits per heavy atom. The van der Waals surface area contributed by atoms with E-state index in [-0.39, 0.29) is 43.8 Å². The van der Waals surface area contributed by atoms with Crippen LogP contribution in [0.3, 0.4) is 0 Å². The normalized spacial score (nSPS) is 15.0. The number of nitrogens with zero attached hydrogens (tertiary/aromatic N) is 3. The molecule has 10 nitrogen and oxygen atoms in total. The van der Waals surface area contributed by atoms with Crippen molar-refractivity contribution in [3.8, 4) is 17.2 Å². The van der Waals surface area contributed by atoms with Gasteiger partial charge in [0.05, 0.1) is 43.6 Å². The predicted molar refractivity (Wildman–Crippen MR) is 142 cm³/mol. The van der Waals surface area contributed by atoms with Gasteiger partial charge in [0, 0.05) is 30.4 Å². The number of aryl methyl sites for hydroxylation is 1. The Hall–Kier alpha value is -4.34. The minimum atomic E-state index is -0.277. The average Bonchev–Trinajstić information content (AvgIpc) is 3.20. The number of carbonyl (C=O) groups excluding carboxylic acids is 3. The minimum absolute atomic E-state index is 0.0812. The molecule has 2 aromatic carbocycles. The molecule has 3 amide bonds. The highest BCUT2D eigenvalue weighted by molar-refractivity contribution is 5.97. The van der Waals surface area contributed by atoms with Crippen LogP contribution in [0.4, 0.5) is 0 Å². The van der Waals surface area contributed by atoms with Gasteiger partial charge in [0.15, 0.2) is 0 Å². The van der Waals surface area contributed by atoms with Crippen LogP contribution in [0.25, 0.3) is 5.69 Å². The van der Waals surface area contributed by atoms with Crippen LogP contribution in [0.2, 0.25) is 0 Å². The lowest BCUT2D eigenvalue weighted by atomic mass is 10.1. The summed E-state index contributed by atoms with van der Waals surface area (Å²) >= 11 is 0. The Morgan fingerprint density at radius 1 is 1.08 bits per heavy atom. The summed E-state index contributed by atoms with van der Waals surface area (Å²) in [6, 6.07) is 14.7. The molecule has 2 N–H and O–H groups in total. The number of methoxy groups -OCH3 is 1. The van der Waals surface area contributed by atoms with Crippen molar-refractivity contribution >= 4 is 17.7 Å². The smallest absolute Gasteiger partial charge is 0.255 e. The number of amides is 3. The number of nitrogens with one attached hydrogen (secondary N) is 2. The van der Waals surface area contributed by atoms with E-state index in [1.807, 2.05) is 48.9 Å². The van der Waals surface area contributed by atoms with Gasteiger partial charge in [-0.2, -0.15) is 5.10 Å². The molecule has 0 spiro atoms. The highest BCUT2D eigenvalue weighted by atomic mass is 16.5. The standard InChI is InChI=1S/C28H33N5O5/c1-19-24(20(2)33(31-19)21-8-5-4-6-9-21)17-27(35)32-14-7-12-30-28(36)23-11-10-22(37-3)16-25(23)38-15-13-29-26(34)18-32/h4-6,8-11,16H,7,12-15,17-18H2,1-3H3,(H,29,34)(H,30,36). The van der Waals surface area contributed by atoms with Gasteiger partial charge < -0.3 is 25.0 Å². The molecular weight excluding hydrogens is 486 g/mol. The molecule has 0 unspecified atom stereocenters. The molecule has 1 aliphatic rings. The highest BCUT2D eigenvalue weighted by Crippen LogP contribution is 2.25. The van der Waals surface area contributed by atoms with E-state index in [1.165, 1.54) is 12.0 Å². The first-order chi connectivity index (χ1) is 18.4. The lowest BCUT2D eigenvalue weighted by Crippen LogP contribution is -2.43. The summed E-state index contributed by atoms with van der Waals surface area (Å²) in [4.78, 5) is 40.4. The molecule has 0 bridgehead atoms. The number of para-hydroxylation sites is 1. The Kier molecular flexibility index (Phi) is 8.62. The van der Waals surface area contributed by atoms with Crippen LogP contribution in [-0.2, 0) is 16.0 Å². The van der Waals surface area contributed by atoms with Crippen molar-refractivity contribution in [2.75, 3.05) is 39.9 Å². The van der Waals surface area contributed by atoms with Crippen molar-refractivity contribution in [2.24, 2.45) is 0 Å². The maximum absolute atomic E-state index is 13.4. The molecule has 0 radical (unpaired) electrons. The van der Waals surface area contributed by atoms with E-state index in [0.717, 1.165) is 22.6 Å². The predicted octanol–water partition coefficient (Wildman–Crippen LogP) is 2.20. The van der Waals surface area contributed by atoms with Crippen molar-refractivity contribution in [1.29, 1.82) is 0 Å². The topological polar surface area (TPSA) is 115 Å². The third-order valence-electron chi connectivity index (χ3n) is 6.46. The molecule has 3 aromatic rings. The largest absolute Gasteiger partial charge is 0.497 e. The molecule has 4 rings (SSSR count). The first kappa shape index (κ1) is 26.7. The van der Waals surface area contributed by atoms with Crippen molar-refractivity contribution < 1.29 is 23.9 Å². The quantitative estimate of drug-likeness (QED) is 0.546. The summed E-state index contributed by atoms with van der Waals surface area (Å²) in [6.07, 6.45) is 0.612. The fourth-order valence-corrected chi connectivity index (χ4v) is 4.39. The Balaban J connectivity index is 1.47. The van der Waals surface area contributed by atoms with E-state index >= 15 is 0 Å². The van der Waals surface area contributed by atoms with Crippen LogP contribution in [0.15, 0.2) is 48.5 Å². The van der Waals surface area contributed by atoms with Crippen LogP contribution in [0, 0.1) is 13.8 Å². The number of ether oxygens (including phenoxy) is 2. The molecule has 0 saturated carbocycles. The number of aromatic nitrogens is 2. The molecule has 1 aromatic heterocycles. The Morgan fingerprint density at radius 2 is 1.87 bits per heavy atom. The van der Waals surface area contributed by atoms with Crippen LogP contribution in [0.1, 0.15) is 33.7 Å². The zero-order valence-corrected chi connectivity index (χ0v) is 22.0. The molecule has 1 aliphatic heterocycles. The molecule has 0 fully saturated rings. The summed E-state index contributed by atoms with van der Waals surface area (Å²) < 4.78 is 12.8. The second kappa shape index (κ2) is 12.3. The highest BCUT2D eigenvalue weighted by Gasteiger charge is 2.22. The summed E-state index contributed by atoms with van der Waals surface area (Å²) in [5.41, 5.74) is 3.79. The van der Waals surface area contributed by atoms with Crippen molar-refractivity contribution in [3.05, 3.63) is 71.0 Å². The van der Waals surface area contributed by atoms with E-state index in [1.54, 1.807) is 18.2 Å². The van der Waals surface area contributed by atoms with Gasteiger partial charge in [0.2, 0.25) is 11.8 Å². The zero-order valence-electron chi connectivity index (χ0n) is 22.0. The number of carbonyl (C=O) groups is 3. The number of fused-ring (bicyclic) bond motifs is 1. The average molecular weight is 520 g/mol. The molecule has 200 valence electrons. The van der Waals surface area contributed by atoms with E-state index in [2.05, 4.69) is 15.7 Å². The maximum atomic E-state index is 13.4. The van der Waals surface area contributed by atoms with E-state index < -0.39 is 0 Å². The summed E-state index contributed by atoms with van der Waals surface area (Å²) in [5, 5.41) is 10.3. The van der Waals surface area contributed by atoms with Gasteiger partial charge in [0.25, 0.3) is 5.91 Å². The second-order valence-electron chi connectivity index (χ2n) is 9.06. The van der Waals surface area contributed by atoms with Gasteiger partial charge >= 0.3 is 0 Å². The first-order valence-electron chi connectivity index (χ1n) is 12.6. The van der Waals surface area contributed by atoms with Crippen molar-refractivity contribution in [2.45, 2.75) is 26.7 Å². The second-order valence-corrected chi connectivity index (χ2v) is 9.06. The van der Waals surface area contributed by atoms with E-state index in [4.69, 9.17) is 9.47 Å². The molecule has 0 atom stereocenters. The molecule has 38 heavy (non-hydrogen) atoms. The molecule has 0 saturated heterocycles. The van der Waals surface area contributed by atoms with E-state index in [9.17, 15) is 14.4 Å². The summed E-state index contributed by atoms with van der Waals surface area (Å²) in [5.74, 6) is 0.219. The van der Waals surface area contributed by atoms with Gasteiger partial charge in [-0.3, -0.25) is 14.4 Å². The third-order valence-corrected chi connectivity index (χ3v) is 6.46. The minimum Gasteiger partial charge on any atom is -0.497 e. The third kappa shape index (κ3) is 6.31. The first-order valence-corrected chi connectivity index (χ1v) is 12.6. The van der Waals surface area contributed by atoms with Gasteiger partial charge in [0.1, 0.15) is 18.1 Å². The lowest BCUT2D eigenvalue weighted by Gasteiger charge is -2.23. The SMILES string of the molecule is COc1ccc2c(c1)OCCNC(=O)CN(C(=O)Cc1c(C)nn(-c3ccccc3)c1C)CCCNC2=O. The number of hydrogen-bond acceptors (Lipinski definition) is 6. The Bertz CT molecular complexity index is 1300. The van der Waals surface area contributed by atoms with Gasteiger partial charge in [-0.25, -0.2) is 4.68 Å². The number of hydrogen-bond donors (Lipinski definition) is 2. The molecule has 0 aliphatic carbocycles. The fourth-order valence-electron chi connectivity index (χ4n) is 4.39. The number of rotatable bonds is 4. The maximum Gasteiger partial charge on any atom is 0.255 e. The van der Waals surface area contributed by atoms with Crippen molar-refractivity contribution in [3.63, 3.8) is 0 Å². The summed E-state index contributed by atoms with van der Waals surface area (Å²) in [6.45, 7) is 4.78. The number of benzene rings is 2. The lowest BCUT2D eigenvalue weighted by molar-refractivity contribution is -0.135. The van der Waals surface area contributed by atoms with Gasteiger partial charge in [-0.1, -0.05) is 18.2 Å². The van der Waals surface area contributed by atoms with Crippen LogP contribution in [0.5, 0.6) is 11.5 Å². The van der Waals surface area contributed by atoms with Crippen molar-refractivity contribution in [1.82, 2.24) is 25.3 Å². The van der Waals surface area contributed by atoms with Crippen LogP contribution in [-0.4, -0.2) is 72.3 Å². The van der Waals surface area contributed by atoms with E-state index in [0.29, 0.717) is 36.6 Å².